The van der Waals surface area contributed by atoms with Crippen molar-refractivity contribution in [3.63, 3.8) is 0 Å². The summed E-state index contributed by atoms with van der Waals surface area (Å²) in [7, 11) is 4.05. The Balaban J connectivity index is 1.72. The second-order valence-electron chi connectivity index (χ2n) is 7.15. The van der Waals surface area contributed by atoms with Gasteiger partial charge in [0, 0.05) is 30.2 Å². The summed E-state index contributed by atoms with van der Waals surface area (Å²) in [4.78, 5) is 26.4. The average molecular weight is 385 g/mol. The van der Waals surface area contributed by atoms with Crippen LogP contribution in [-0.2, 0) is 0 Å². The number of hydrogen-bond donors (Lipinski definition) is 2. The van der Waals surface area contributed by atoms with Crippen molar-refractivity contribution in [2.45, 2.75) is 0 Å². The van der Waals surface area contributed by atoms with Gasteiger partial charge in [0.05, 0.1) is 11.3 Å². The molecule has 29 heavy (non-hydrogen) atoms. The van der Waals surface area contributed by atoms with Crippen molar-refractivity contribution in [1.82, 2.24) is 19.9 Å². The molecule has 0 radical (unpaired) electrons. The number of carbonyl (C=O) groups excluding carboxylic acids is 1. The molecule has 0 atom stereocenters. The molecule has 0 aliphatic heterocycles. The molecule has 6 heteroatoms. The van der Waals surface area contributed by atoms with E-state index >= 15 is 0 Å². The largest absolute Gasteiger partial charge is 0.369 e. The Hall–Kier alpha value is -3.51. The number of anilines is 1. The molecule has 0 saturated heterocycles. The Morgan fingerprint density at radius 2 is 1.90 bits per heavy atom. The number of H-pyrrole nitrogens is 1. The molecular weight excluding hydrogens is 362 g/mol. The van der Waals surface area contributed by atoms with Crippen LogP contribution in [0.3, 0.4) is 0 Å². The van der Waals surface area contributed by atoms with Crippen LogP contribution in [0, 0.1) is 0 Å². The molecule has 0 aliphatic rings. The van der Waals surface area contributed by atoms with Crippen LogP contribution in [0.4, 0.5) is 5.82 Å². The monoisotopic (exact) mass is 385 g/mol. The van der Waals surface area contributed by atoms with E-state index in [2.05, 4.69) is 37.3 Å². The lowest BCUT2D eigenvalue weighted by Gasteiger charge is -2.11. The lowest BCUT2D eigenvalue weighted by atomic mass is 10.0. The minimum atomic E-state index is 0.499. The fourth-order valence-electron chi connectivity index (χ4n) is 3.31. The van der Waals surface area contributed by atoms with Crippen molar-refractivity contribution in [2.75, 3.05) is 32.5 Å². The van der Waals surface area contributed by atoms with Gasteiger partial charge in [-0.1, -0.05) is 36.4 Å². The summed E-state index contributed by atoms with van der Waals surface area (Å²) in [6, 6.07) is 18.0. The van der Waals surface area contributed by atoms with Gasteiger partial charge in [0.15, 0.2) is 12.1 Å². The molecule has 2 N–H and O–H groups in total. The van der Waals surface area contributed by atoms with Gasteiger partial charge in [-0.25, -0.2) is 9.97 Å². The molecule has 2 aromatic heterocycles. The zero-order chi connectivity index (χ0) is 20.2. The predicted molar refractivity (Wildman–Crippen MR) is 117 cm³/mol. The van der Waals surface area contributed by atoms with Crippen molar-refractivity contribution >= 4 is 23.0 Å². The number of rotatable bonds is 7. The third-order valence-electron chi connectivity index (χ3n) is 4.81. The Morgan fingerprint density at radius 3 is 2.66 bits per heavy atom. The fraction of sp³-hybridized carbons (Fsp3) is 0.174. The maximum Gasteiger partial charge on any atom is 0.178 e. The Kier molecular flexibility index (Phi) is 5.35. The quantitative estimate of drug-likeness (QED) is 0.469. The van der Waals surface area contributed by atoms with E-state index in [0.717, 1.165) is 47.2 Å². The molecule has 0 spiro atoms. The minimum Gasteiger partial charge on any atom is -0.369 e. The van der Waals surface area contributed by atoms with Crippen molar-refractivity contribution in [1.29, 1.82) is 0 Å². The van der Waals surface area contributed by atoms with Crippen LogP contribution in [0.15, 0.2) is 60.8 Å². The van der Waals surface area contributed by atoms with Crippen LogP contribution in [0.5, 0.6) is 0 Å². The second-order valence-corrected chi connectivity index (χ2v) is 7.15. The van der Waals surface area contributed by atoms with E-state index in [-0.39, 0.29) is 0 Å². The zero-order valence-corrected chi connectivity index (χ0v) is 16.5. The smallest absolute Gasteiger partial charge is 0.178 e. The van der Waals surface area contributed by atoms with E-state index < -0.39 is 0 Å². The molecule has 0 amide bonds. The molecule has 0 bridgehead atoms. The average Bonchev–Trinajstić information content (AvgIpc) is 3.12. The van der Waals surface area contributed by atoms with Crippen LogP contribution in [0.2, 0.25) is 0 Å². The summed E-state index contributed by atoms with van der Waals surface area (Å²) in [5, 5.41) is 4.16. The molecule has 146 valence electrons. The lowest BCUT2D eigenvalue weighted by Crippen LogP contribution is -2.21. The Labute approximate surface area is 169 Å². The molecule has 4 aromatic rings. The molecule has 0 unspecified atom stereocenters. The van der Waals surface area contributed by atoms with Gasteiger partial charge in [0.2, 0.25) is 0 Å². The van der Waals surface area contributed by atoms with Gasteiger partial charge in [-0.3, -0.25) is 4.79 Å². The first kappa shape index (κ1) is 18.8. The SMILES string of the molecule is CN(C)CCNc1ccnc(-c2[nH]c3ccc(-c4ccccc4)cc3c2C=O)n1. The standard InChI is InChI=1S/C23H23N5O/c1-28(2)13-12-24-21-10-11-25-23(27-21)22-19(15-29)18-14-17(8-9-20(18)26-22)16-6-4-3-5-7-16/h3-11,14-15,26H,12-13H2,1-2H3,(H,24,25,27). The van der Waals surface area contributed by atoms with Gasteiger partial charge in [-0.15, -0.1) is 0 Å². The number of hydrogen-bond acceptors (Lipinski definition) is 5. The number of likely N-dealkylation sites (N-methyl/N-ethyl adjacent to an activating group) is 1. The molecule has 0 aliphatic carbocycles. The summed E-state index contributed by atoms with van der Waals surface area (Å²) in [5.41, 5.74) is 4.26. The Morgan fingerprint density at radius 1 is 1.07 bits per heavy atom. The van der Waals surface area contributed by atoms with Crippen molar-refractivity contribution < 1.29 is 4.79 Å². The van der Waals surface area contributed by atoms with Crippen LogP contribution in [0.1, 0.15) is 10.4 Å². The third kappa shape index (κ3) is 4.02. The first-order valence-electron chi connectivity index (χ1n) is 9.54. The van der Waals surface area contributed by atoms with Crippen LogP contribution < -0.4 is 5.32 Å². The number of fused-ring (bicyclic) bond motifs is 1. The topological polar surface area (TPSA) is 73.9 Å². The van der Waals surface area contributed by atoms with E-state index in [4.69, 9.17) is 0 Å². The predicted octanol–water partition coefficient (Wildman–Crippen LogP) is 4.08. The number of aromatic nitrogens is 3. The molecule has 4 rings (SSSR count). The van der Waals surface area contributed by atoms with Crippen molar-refractivity contribution in [2.24, 2.45) is 0 Å². The van der Waals surface area contributed by atoms with Gasteiger partial charge in [0.1, 0.15) is 5.82 Å². The van der Waals surface area contributed by atoms with E-state index in [1.54, 1.807) is 6.20 Å². The third-order valence-corrected chi connectivity index (χ3v) is 4.81. The summed E-state index contributed by atoms with van der Waals surface area (Å²) in [6.07, 6.45) is 2.58. The molecule has 6 nitrogen and oxygen atoms in total. The first-order valence-corrected chi connectivity index (χ1v) is 9.54. The normalized spacial score (nSPS) is 11.1. The summed E-state index contributed by atoms with van der Waals surface area (Å²) in [5.74, 6) is 1.23. The maximum atomic E-state index is 12.0. The molecular formula is C23H23N5O. The number of benzene rings is 2. The summed E-state index contributed by atoms with van der Waals surface area (Å²) >= 11 is 0. The van der Waals surface area contributed by atoms with Gasteiger partial charge in [-0.05, 0) is 43.4 Å². The molecule has 2 heterocycles. The first-order chi connectivity index (χ1) is 14.2. The minimum absolute atomic E-state index is 0.499. The van der Waals surface area contributed by atoms with Crippen LogP contribution in [-0.4, -0.2) is 53.3 Å². The highest BCUT2D eigenvalue weighted by Gasteiger charge is 2.16. The van der Waals surface area contributed by atoms with E-state index in [1.807, 2.05) is 56.6 Å². The van der Waals surface area contributed by atoms with Crippen LogP contribution in [0.25, 0.3) is 33.5 Å². The second kappa shape index (κ2) is 8.24. The van der Waals surface area contributed by atoms with Crippen molar-refractivity contribution in [3.8, 4) is 22.6 Å². The van der Waals surface area contributed by atoms with Gasteiger partial charge in [0.25, 0.3) is 0 Å². The highest BCUT2D eigenvalue weighted by molar-refractivity contribution is 6.05. The number of carbonyl (C=O) groups is 1. The summed E-state index contributed by atoms with van der Waals surface area (Å²) < 4.78 is 0. The van der Waals surface area contributed by atoms with Crippen LogP contribution >= 0.6 is 0 Å². The van der Waals surface area contributed by atoms with Crippen molar-refractivity contribution in [3.05, 3.63) is 66.4 Å². The number of aromatic amines is 1. The highest BCUT2D eigenvalue weighted by Crippen LogP contribution is 2.31. The van der Waals surface area contributed by atoms with Gasteiger partial charge >= 0.3 is 0 Å². The lowest BCUT2D eigenvalue weighted by molar-refractivity contribution is 0.112. The molecule has 0 saturated carbocycles. The number of aldehydes is 1. The number of nitrogens with one attached hydrogen (secondary N) is 2. The fourth-order valence-corrected chi connectivity index (χ4v) is 3.31. The zero-order valence-electron chi connectivity index (χ0n) is 16.5. The van der Waals surface area contributed by atoms with E-state index in [1.165, 1.54) is 0 Å². The molecule has 2 aromatic carbocycles. The van der Waals surface area contributed by atoms with E-state index in [0.29, 0.717) is 17.1 Å². The Bertz CT molecular complexity index is 1130. The highest BCUT2D eigenvalue weighted by atomic mass is 16.1. The summed E-state index contributed by atoms with van der Waals surface area (Å²) in [6.45, 7) is 1.67. The van der Waals surface area contributed by atoms with Gasteiger partial charge < -0.3 is 15.2 Å². The molecule has 0 fully saturated rings. The maximum absolute atomic E-state index is 12.0. The van der Waals surface area contributed by atoms with E-state index in [9.17, 15) is 4.79 Å². The van der Waals surface area contributed by atoms with Gasteiger partial charge in [-0.2, -0.15) is 0 Å². The number of nitrogens with zero attached hydrogens (tertiary/aromatic N) is 3.